The van der Waals surface area contributed by atoms with E-state index in [-0.39, 0.29) is 32.0 Å². The zero-order valence-corrected chi connectivity index (χ0v) is 44.1. The van der Waals surface area contributed by atoms with Crippen LogP contribution >= 0.6 is 7.82 Å². The standard InChI is InChI=1S/C56H100NO8P/c1-6-8-10-12-14-16-18-20-22-23-24-25-26-27-28-29-30-31-32-33-35-37-39-41-43-45-47-49-56(59)65-54(53-64-66(60,61)63-51-50-57(3,4)5)52-62-55(58)48-46-44-42-40-38-36-34-21-19-17-15-13-11-9-7-2/h9,11,15,17-18,20-21,23-24,26-27,34,54H,6-8,10,12-14,16,19,22,25,28-33,35-53H2,1-5H3/p+1/b11-9-,17-15-,20-18-,24-23-,27-26-,34-21-. The molecule has 0 saturated heterocycles. The molecular formula is C56H101NO8P+. The number of carbonyl (C=O) groups is 2. The lowest BCUT2D eigenvalue weighted by Crippen LogP contribution is -2.37. The molecule has 0 saturated carbocycles. The minimum atomic E-state index is -4.39. The summed E-state index contributed by atoms with van der Waals surface area (Å²) in [4.78, 5) is 35.6. The molecule has 0 spiro atoms. The van der Waals surface area contributed by atoms with Gasteiger partial charge in [0.1, 0.15) is 19.8 Å². The van der Waals surface area contributed by atoms with Gasteiger partial charge in [-0.25, -0.2) is 4.57 Å². The molecule has 0 rings (SSSR count). The summed E-state index contributed by atoms with van der Waals surface area (Å²) < 4.78 is 34.4. The van der Waals surface area contributed by atoms with Gasteiger partial charge in [-0.2, -0.15) is 0 Å². The van der Waals surface area contributed by atoms with Crippen molar-refractivity contribution in [1.82, 2.24) is 0 Å². The largest absolute Gasteiger partial charge is 0.472 e. The monoisotopic (exact) mass is 947 g/mol. The van der Waals surface area contributed by atoms with Gasteiger partial charge in [-0.3, -0.25) is 18.6 Å². The molecule has 0 aromatic heterocycles. The first-order chi connectivity index (χ1) is 32.0. The predicted molar refractivity (Wildman–Crippen MR) is 279 cm³/mol. The van der Waals surface area contributed by atoms with Crippen LogP contribution in [0.4, 0.5) is 0 Å². The number of unbranched alkanes of at least 4 members (excludes halogenated alkanes) is 22. The van der Waals surface area contributed by atoms with Crippen molar-refractivity contribution >= 4 is 19.8 Å². The molecule has 9 nitrogen and oxygen atoms in total. The second kappa shape index (κ2) is 47.5. The van der Waals surface area contributed by atoms with Crippen molar-refractivity contribution in [3.63, 3.8) is 0 Å². The van der Waals surface area contributed by atoms with Gasteiger partial charge in [0.25, 0.3) is 0 Å². The van der Waals surface area contributed by atoms with Crippen molar-refractivity contribution in [3.05, 3.63) is 72.9 Å². The molecule has 10 heteroatoms. The average Bonchev–Trinajstić information content (AvgIpc) is 3.27. The molecule has 0 radical (unpaired) electrons. The van der Waals surface area contributed by atoms with Crippen LogP contribution in [0.1, 0.15) is 219 Å². The highest BCUT2D eigenvalue weighted by Crippen LogP contribution is 2.43. The highest BCUT2D eigenvalue weighted by atomic mass is 31.2. The number of hydrogen-bond donors (Lipinski definition) is 1. The van der Waals surface area contributed by atoms with Crippen LogP contribution in [0, 0.1) is 0 Å². The number of carbonyl (C=O) groups excluding carboxylic acids is 2. The van der Waals surface area contributed by atoms with Gasteiger partial charge in [-0.1, -0.05) is 196 Å². The van der Waals surface area contributed by atoms with Crippen LogP contribution in [0.25, 0.3) is 0 Å². The molecule has 0 aromatic carbocycles. The summed E-state index contributed by atoms with van der Waals surface area (Å²) in [6, 6.07) is 0. The summed E-state index contributed by atoms with van der Waals surface area (Å²) in [5.74, 6) is -0.821. The number of phosphoric acid groups is 1. The maximum absolute atomic E-state index is 12.8. The first-order valence-corrected chi connectivity index (χ1v) is 28.2. The Morgan fingerprint density at radius 1 is 0.485 bits per heavy atom. The molecule has 0 amide bonds. The normalized spacial score (nSPS) is 14.0. The van der Waals surface area contributed by atoms with E-state index in [4.69, 9.17) is 18.5 Å². The van der Waals surface area contributed by atoms with Crippen LogP contribution in [0.15, 0.2) is 72.9 Å². The molecule has 0 aliphatic rings. The van der Waals surface area contributed by atoms with E-state index in [2.05, 4.69) is 86.8 Å². The van der Waals surface area contributed by atoms with Crippen LogP contribution in [0.5, 0.6) is 0 Å². The fraction of sp³-hybridized carbons (Fsp3) is 0.750. The fourth-order valence-electron chi connectivity index (χ4n) is 7.09. The second-order valence-electron chi connectivity index (χ2n) is 18.9. The molecule has 66 heavy (non-hydrogen) atoms. The number of rotatable bonds is 48. The summed E-state index contributed by atoms with van der Waals surface area (Å²) in [7, 11) is 1.46. The summed E-state index contributed by atoms with van der Waals surface area (Å²) >= 11 is 0. The van der Waals surface area contributed by atoms with E-state index in [1.165, 1.54) is 96.3 Å². The topological polar surface area (TPSA) is 108 Å². The number of allylic oxidation sites excluding steroid dienone is 12. The molecule has 0 aliphatic carbocycles. The molecule has 0 heterocycles. The van der Waals surface area contributed by atoms with E-state index >= 15 is 0 Å². The van der Waals surface area contributed by atoms with E-state index in [0.29, 0.717) is 23.9 Å². The Hall–Kier alpha value is -2.55. The van der Waals surface area contributed by atoms with Crippen molar-refractivity contribution in [2.45, 2.75) is 225 Å². The van der Waals surface area contributed by atoms with Gasteiger partial charge < -0.3 is 18.9 Å². The number of likely N-dealkylation sites (N-methyl/N-ethyl adjacent to an activating group) is 1. The van der Waals surface area contributed by atoms with Gasteiger partial charge in [0.15, 0.2) is 6.10 Å². The molecule has 0 aromatic rings. The van der Waals surface area contributed by atoms with Crippen molar-refractivity contribution in [2.24, 2.45) is 0 Å². The summed E-state index contributed by atoms with van der Waals surface area (Å²) in [6.07, 6.45) is 61.0. The maximum Gasteiger partial charge on any atom is 0.472 e. The highest BCUT2D eigenvalue weighted by molar-refractivity contribution is 7.47. The lowest BCUT2D eigenvalue weighted by molar-refractivity contribution is -0.870. The molecule has 0 bridgehead atoms. The minimum Gasteiger partial charge on any atom is -0.462 e. The van der Waals surface area contributed by atoms with Crippen LogP contribution in [0.3, 0.4) is 0 Å². The molecule has 1 N–H and O–H groups in total. The third kappa shape index (κ3) is 50.9. The van der Waals surface area contributed by atoms with E-state index in [9.17, 15) is 19.0 Å². The SMILES string of the molecule is CC/C=C\C/C=C\C/C=C\CCCCCCCC(=O)OCC(COP(=O)(O)OCC[N+](C)(C)C)OC(=O)CCCCCCCCCCCCCC/C=C\C/C=C\C/C=C\CCCCCCC. The molecule has 382 valence electrons. The van der Waals surface area contributed by atoms with E-state index < -0.39 is 26.5 Å². The number of hydrogen-bond acceptors (Lipinski definition) is 7. The fourth-order valence-corrected chi connectivity index (χ4v) is 7.84. The van der Waals surface area contributed by atoms with Crippen LogP contribution in [-0.4, -0.2) is 74.9 Å². The molecule has 0 aliphatic heterocycles. The lowest BCUT2D eigenvalue weighted by Gasteiger charge is -2.24. The third-order valence-electron chi connectivity index (χ3n) is 11.2. The second-order valence-corrected chi connectivity index (χ2v) is 20.3. The maximum atomic E-state index is 12.8. The Morgan fingerprint density at radius 2 is 0.864 bits per heavy atom. The van der Waals surface area contributed by atoms with Crippen LogP contribution < -0.4 is 0 Å². The molecule has 2 atom stereocenters. The van der Waals surface area contributed by atoms with Crippen molar-refractivity contribution in [3.8, 4) is 0 Å². The Kier molecular flexibility index (Phi) is 45.7. The van der Waals surface area contributed by atoms with Gasteiger partial charge in [0, 0.05) is 12.8 Å². The van der Waals surface area contributed by atoms with Crippen molar-refractivity contribution in [2.75, 3.05) is 47.5 Å². The number of phosphoric ester groups is 1. The number of esters is 2. The van der Waals surface area contributed by atoms with E-state index in [1.54, 1.807) is 0 Å². The Bertz CT molecular complexity index is 1350. The molecule has 2 unspecified atom stereocenters. The highest BCUT2D eigenvalue weighted by Gasteiger charge is 2.27. The Labute approximate surface area is 406 Å². The van der Waals surface area contributed by atoms with Gasteiger partial charge in [-0.15, -0.1) is 0 Å². The van der Waals surface area contributed by atoms with Gasteiger partial charge in [0.2, 0.25) is 0 Å². The zero-order valence-electron chi connectivity index (χ0n) is 43.2. The number of nitrogens with zero attached hydrogens (tertiary/aromatic N) is 1. The van der Waals surface area contributed by atoms with Gasteiger partial charge in [-0.05, 0) is 83.5 Å². The first-order valence-electron chi connectivity index (χ1n) is 26.7. The molecule has 0 fully saturated rings. The lowest BCUT2D eigenvalue weighted by atomic mass is 10.0. The quantitative estimate of drug-likeness (QED) is 0.0211. The summed E-state index contributed by atoms with van der Waals surface area (Å²) in [5.41, 5.74) is 0. The first kappa shape index (κ1) is 63.5. The zero-order chi connectivity index (χ0) is 48.5. The third-order valence-corrected chi connectivity index (χ3v) is 12.2. The summed E-state index contributed by atoms with van der Waals surface area (Å²) in [5, 5.41) is 0. The molecular weight excluding hydrogens is 846 g/mol. The van der Waals surface area contributed by atoms with Gasteiger partial charge >= 0.3 is 19.8 Å². The van der Waals surface area contributed by atoms with E-state index in [0.717, 1.165) is 83.5 Å². The Balaban J connectivity index is 4.20. The number of quaternary nitrogens is 1. The van der Waals surface area contributed by atoms with Gasteiger partial charge in [0.05, 0.1) is 27.7 Å². The summed E-state index contributed by atoms with van der Waals surface area (Å²) in [6.45, 7) is 4.28. The number of ether oxygens (including phenoxy) is 2. The van der Waals surface area contributed by atoms with Crippen molar-refractivity contribution < 1.29 is 42.1 Å². The van der Waals surface area contributed by atoms with E-state index in [1.807, 2.05) is 21.1 Å². The van der Waals surface area contributed by atoms with Crippen LogP contribution in [0.2, 0.25) is 0 Å². The Morgan fingerprint density at radius 3 is 1.29 bits per heavy atom. The average molecular weight is 947 g/mol. The van der Waals surface area contributed by atoms with Crippen molar-refractivity contribution in [1.29, 1.82) is 0 Å². The minimum absolute atomic E-state index is 0.0254. The predicted octanol–water partition coefficient (Wildman–Crippen LogP) is 16.1. The smallest absolute Gasteiger partial charge is 0.462 e. The van der Waals surface area contributed by atoms with Crippen LogP contribution in [-0.2, 0) is 32.7 Å².